The van der Waals surface area contributed by atoms with Gasteiger partial charge in [0.05, 0.1) is 6.54 Å². The van der Waals surface area contributed by atoms with Crippen molar-refractivity contribution in [3.05, 3.63) is 0 Å². The van der Waals surface area contributed by atoms with E-state index in [-0.39, 0.29) is 30.8 Å². The van der Waals surface area contributed by atoms with Gasteiger partial charge in [0.15, 0.2) is 0 Å². The van der Waals surface area contributed by atoms with E-state index < -0.39 is 5.97 Å². The first kappa shape index (κ1) is 13.8. The molecule has 2 aliphatic heterocycles. The minimum atomic E-state index is -0.820. The second-order valence-corrected chi connectivity index (χ2v) is 5.21. The van der Waals surface area contributed by atoms with Crippen LogP contribution in [0.2, 0.25) is 0 Å². The van der Waals surface area contributed by atoms with Crippen molar-refractivity contribution in [3.8, 4) is 0 Å². The minimum absolute atomic E-state index is 0.0301. The molecule has 2 heterocycles. The summed E-state index contributed by atoms with van der Waals surface area (Å²) in [6, 6.07) is -0.269. The third-order valence-corrected chi connectivity index (χ3v) is 3.81. The Morgan fingerprint density at radius 2 is 2.05 bits per heavy atom. The van der Waals surface area contributed by atoms with Gasteiger partial charge in [-0.2, -0.15) is 0 Å². The van der Waals surface area contributed by atoms with Crippen LogP contribution in [0.3, 0.4) is 0 Å². The van der Waals surface area contributed by atoms with Crippen molar-refractivity contribution < 1.29 is 19.5 Å². The molecule has 0 bridgehead atoms. The summed E-state index contributed by atoms with van der Waals surface area (Å²) in [5.74, 6) is -0.753. The van der Waals surface area contributed by atoms with Gasteiger partial charge in [-0.25, -0.2) is 0 Å². The number of amides is 2. The van der Waals surface area contributed by atoms with Gasteiger partial charge < -0.3 is 14.9 Å². The number of hydrogen-bond acceptors (Lipinski definition) is 3. The number of unbranched alkanes of at least 4 members (excludes halogenated alkanes) is 1. The van der Waals surface area contributed by atoms with Gasteiger partial charge in [0.25, 0.3) is 0 Å². The molecule has 0 radical (unpaired) electrons. The van der Waals surface area contributed by atoms with Crippen molar-refractivity contribution in [2.45, 2.75) is 44.6 Å². The highest BCUT2D eigenvalue weighted by Gasteiger charge is 2.39. The molecule has 0 aromatic carbocycles. The number of carboxylic acids is 1. The van der Waals surface area contributed by atoms with Crippen molar-refractivity contribution in [2.75, 3.05) is 19.6 Å². The lowest BCUT2D eigenvalue weighted by Gasteiger charge is -2.42. The summed E-state index contributed by atoms with van der Waals surface area (Å²) in [7, 11) is 0. The molecule has 2 fully saturated rings. The lowest BCUT2D eigenvalue weighted by atomic mass is 9.98. The molecule has 2 aliphatic rings. The molecule has 0 aliphatic carbocycles. The Morgan fingerprint density at radius 3 is 2.79 bits per heavy atom. The van der Waals surface area contributed by atoms with Crippen LogP contribution in [-0.4, -0.2) is 58.4 Å². The Hall–Kier alpha value is -1.59. The van der Waals surface area contributed by atoms with Crippen LogP contribution in [0.4, 0.5) is 0 Å². The second kappa shape index (κ2) is 6.04. The molecule has 1 atom stereocenters. The third-order valence-electron chi connectivity index (χ3n) is 3.81. The largest absolute Gasteiger partial charge is 0.481 e. The highest BCUT2D eigenvalue weighted by atomic mass is 16.4. The summed E-state index contributed by atoms with van der Waals surface area (Å²) in [6.07, 6.45) is 4.03. The molecule has 19 heavy (non-hydrogen) atoms. The van der Waals surface area contributed by atoms with Crippen LogP contribution >= 0.6 is 0 Å². The van der Waals surface area contributed by atoms with Crippen molar-refractivity contribution in [3.63, 3.8) is 0 Å². The lowest BCUT2D eigenvalue weighted by molar-refractivity contribution is -0.157. The summed E-state index contributed by atoms with van der Waals surface area (Å²) in [5.41, 5.74) is 0. The molecule has 0 saturated carbocycles. The van der Waals surface area contributed by atoms with Crippen LogP contribution < -0.4 is 0 Å². The Kier molecular flexibility index (Phi) is 4.39. The Bertz CT molecular complexity index is 383. The number of carboxylic acid groups (broad SMARTS) is 1. The number of carbonyl (C=O) groups is 3. The number of aliphatic carboxylic acids is 1. The SMILES string of the molecule is O=C(O)CCCCN1CC(=O)N2CCCCC2C1=O. The molecule has 0 aromatic rings. The van der Waals surface area contributed by atoms with Crippen LogP contribution in [0.15, 0.2) is 0 Å². The first-order valence-electron chi connectivity index (χ1n) is 6.89. The number of piperidine rings is 1. The zero-order chi connectivity index (χ0) is 13.8. The molecule has 0 spiro atoms. The molecule has 1 unspecified atom stereocenters. The van der Waals surface area contributed by atoms with E-state index in [4.69, 9.17) is 5.11 Å². The van der Waals surface area contributed by atoms with Crippen molar-refractivity contribution in [2.24, 2.45) is 0 Å². The zero-order valence-corrected chi connectivity index (χ0v) is 11.0. The number of carbonyl (C=O) groups excluding carboxylic acids is 2. The zero-order valence-electron chi connectivity index (χ0n) is 11.0. The van der Waals surface area contributed by atoms with Crippen LogP contribution in [0.5, 0.6) is 0 Å². The molecular weight excluding hydrogens is 248 g/mol. The van der Waals surface area contributed by atoms with Gasteiger partial charge in [-0.3, -0.25) is 14.4 Å². The van der Waals surface area contributed by atoms with E-state index >= 15 is 0 Å². The summed E-state index contributed by atoms with van der Waals surface area (Å²) < 4.78 is 0. The highest BCUT2D eigenvalue weighted by Crippen LogP contribution is 2.23. The fraction of sp³-hybridized carbons (Fsp3) is 0.769. The normalized spacial score (nSPS) is 23.5. The molecule has 6 nitrogen and oxygen atoms in total. The van der Waals surface area contributed by atoms with Crippen LogP contribution in [-0.2, 0) is 14.4 Å². The number of nitrogens with zero attached hydrogens (tertiary/aromatic N) is 2. The molecule has 2 saturated heterocycles. The molecule has 106 valence electrons. The molecule has 2 amide bonds. The topological polar surface area (TPSA) is 77.9 Å². The van der Waals surface area contributed by atoms with E-state index in [1.165, 1.54) is 0 Å². The van der Waals surface area contributed by atoms with Crippen molar-refractivity contribution >= 4 is 17.8 Å². The quantitative estimate of drug-likeness (QED) is 0.735. The van der Waals surface area contributed by atoms with Gasteiger partial charge in [-0.15, -0.1) is 0 Å². The molecule has 2 rings (SSSR count). The van der Waals surface area contributed by atoms with E-state index in [9.17, 15) is 14.4 Å². The van der Waals surface area contributed by atoms with Crippen LogP contribution in [0, 0.1) is 0 Å². The van der Waals surface area contributed by atoms with Gasteiger partial charge in [0.1, 0.15) is 6.04 Å². The van der Waals surface area contributed by atoms with E-state index in [1.807, 2.05) is 0 Å². The fourth-order valence-electron chi connectivity index (χ4n) is 2.80. The van der Waals surface area contributed by atoms with E-state index in [0.717, 1.165) is 19.3 Å². The van der Waals surface area contributed by atoms with Crippen LogP contribution in [0.25, 0.3) is 0 Å². The Morgan fingerprint density at radius 1 is 1.26 bits per heavy atom. The van der Waals surface area contributed by atoms with E-state index in [2.05, 4.69) is 0 Å². The lowest BCUT2D eigenvalue weighted by Crippen LogP contribution is -2.61. The fourth-order valence-corrected chi connectivity index (χ4v) is 2.80. The first-order valence-corrected chi connectivity index (χ1v) is 6.89. The maximum atomic E-state index is 12.2. The van der Waals surface area contributed by atoms with Crippen molar-refractivity contribution in [1.29, 1.82) is 0 Å². The highest BCUT2D eigenvalue weighted by molar-refractivity contribution is 5.95. The Balaban J connectivity index is 1.86. The summed E-state index contributed by atoms with van der Waals surface area (Å²) >= 11 is 0. The molecule has 1 N–H and O–H groups in total. The molecular formula is C13H20N2O4. The minimum Gasteiger partial charge on any atom is -0.481 e. The summed E-state index contributed by atoms with van der Waals surface area (Å²) in [6.45, 7) is 1.34. The molecule has 6 heteroatoms. The van der Waals surface area contributed by atoms with Gasteiger partial charge in [0.2, 0.25) is 11.8 Å². The van der Waals surface area contributed by atoms with Gasteiger partial charge in [-0.05, 0) is 32.1 Å². The van der Waals surface area contributed by atoms with Gasteiger partial charge >= 0.3 is 5.97 Å². The van der Waals surface area contributed by atoms with Gasteiger partial charge in [0, 0.05) is 19.5 Å². The number of fused-ring (bicyclic) bond motifs is 1. The first-order chi connectivity index (χ1) is 9.09. The summed E-state index contributed by atoms with van der Waals surface area (Å²) in [4.78, 5) is 37.9. The molecule has 0 aromatic heterocycles. The van der Waals surface area contributed by atoms with Crippen molar-refractivity contribution in [1.82, 2.24) is 9.80 Å². The predicted molar refractivity (Wildman–Crippen MR) is 67.4 cm³/mol. The smallest absolute Gasteiger partial charge is 0.303 e. The maximum absolute atomic E-state index is 12.2. The monoisotopic (exact) mass is 268 g/mol. The predicted octanol–water partition coefficient (Wildman–Crippen LogP) is 0.465. The Labute approximate surface area is 112 Å². The van der Waals surface area contributed by atoms with E-state index in [0.29, 0.717) is 25.9 Å². The van der Waals surface area contributed by atoms with Gasteiger partial charge in [-0.1, -0.05) is 0 Å². The second-order valence-electron chi connectivity index (χ2n) is 5.21. The van der Waals surface area contributed by atoms with E-state index in [1.54, 1.807) is 9.80 Å². The summed E-state index contributed by atoms with van der Waals surface area (Å²) in [5, 5.41) is 8.56. The van der Waals surface area contributed by atoms with Crippen LogP contribution in [0.1, 0.15) is 38.5 Å². The number of rotatable bonds is 5. The number of hydrogen-bond donors (Lipinski definition) is 1. The average molecular weight is 268 g/mol. The average Bonchev–Trinajstić information content (AvgIpc) is 2.40. The standard InChI is InChI=1S/C13H20N2O4/c16-11-9-14(7-3-2-6-12(17)18)13(19)10-5-1-4-8-15(10)11/h10H,1-9H2,(H,17,18). The maximum Gasteiger partial charge on any atom is 0.303 e. The third kappa shape index (κ3) is 3.24. The number of piperazine rings is 1.